The van der Waals surface area contributed by atoms with E-state index in [1.807, 2.05) is 0 Å². The normalized spacial score (nSPS) is 30.8. The monoisotopic (exact) mass is 253 g/mol. The third kappa shape index (κ3) is 2.44. The Hall–Kier alpha value is -1.26. The van der Waals surface area contributed by atoms with Crippen LogP contribution in [-0.4, -0.2) is 23.5 Å². The average molecular weight is 253 g/mol. The van der Waals surface area contributed by atoms with Crippen LogP contribution < -0.4 is 11.1 Å². The first-order valence-corrected chi connectivity index (χ1v) is 6.86. The van der Waals surface area contributed by atoms with Crippen LogP contribution >= 0.6 is 0 Å². The van der Waals surface area contributed by atoms with Crippen LogP contribution in [0.5, 0.6) is 0 Å². The summed E-state index contributed by atoms with van der Waals surface area (Å²) in [5.41, 5.74) is 4.87. The SMILES string of the molecule is CC1CCCCC1CNC(=O)C1(C(N)=NO)CC1. The van der Waals surface area contributed by atoms with Crippen molar-refractivity contribution in [1.82, 2.24) is 5.32 Å². The number of oxime groups is 1. The van der Waals surface area contributed by atoms with E-state index in [1.54, 1.807) is 0 Å². The summed E-state index contributed by atoms with van der Waals surface area (Å²) in [7, 11) is 0. The number of amidine groups is 1. The molecule has 0 saturated heterocycles. The van der Waals surface area contributed by atoms with Gasteiger partial charge in [0.1, 0.15) is 5.41 Å². The minimum atomic E-state index is -0.716. The first-order chi connectivity index (χ1) is 8.60. The summed E-state index contributed by atoms with van der Waals surface area (Å²) in [4.78, 5) is 12.1. The molecule has 18 heavy (non-hydrogen) atoms. The standard InChI is InChI=1S/C13H23N3O2/c1-9-4-2-3-5-10(9)8-15-12(17)13(6-7-13)11(14)16-18/h9-10,18H,2-8H2,1H3,(H2,14,16)(H,15,17). The minimum absolute atomic E-state index is 0.0525. The lowest BCUT2D eigenvalue weighted by Gasteiger charge is -2.29. The summed E-state index contributed by atoms with van der Waals surface area (Å²) in [5, 5.41) is 14.7. The van der Waals surface area contributed by atoms with Crippen LogP contribution in [0.25, 0.3) is 0 Å². The van der Waals surface area contributed by atoms with Gasteiger partial charge in [-0.05, 0) is 31.1 Å². The second-order valence-electron chi connectivity index (χ2n) is 5.80. The summed E-state index contributed by atoms with van der Waals surface area (Å²) >= 11 is 0. The molecule has 102 valence electrons. The highest BCUT2D eigenvalue weighted by Crippen LogP contribution is 2.46. The number of carbonyl (C=O) groups excluding carboxylic acids is 1. The molecule has 0 aromatic rings. The van der Waals surface area contributed by atoms with E-state index in [0.29, 0.717) is 24.7 Å². The number of carbonyl (C=O) groups is 1. The molecule has 0 heterocycles. The Morgan fingerprint density at radius 1 is 1.44 bits per heavy atom. The maximum absolute atomic E-state index is 12.1. The molecule has 2 aliphatic carbocycles. The van der Waals surface area contributed by atoms with E-state index >= 15 is 0 Å². The molecule has 0 aliphatic heterocycles. The summed E-state index contributed by atoms with van der Waals surface area (Å²) in [6, 6.07) is 0. The number of rotatable bonds is 4. The second-order valence-corrected chi connectivity index (χ2v) is 5.80. The van der Waals surface area contributed by atoms with E-state index in [1.165, 1.54) is 25.7 Å². The largest absolute Gasteiger partial charge is 0.409 e. The Bertz CT molecular complexity index is 350. The van der Waals surface area contributed by atoms with E-state index in [4.69, 9.17) is 10.9 Å². The lowest BCUT2D eigenvalue weighted by atomic mass is 9.80. The third-order valence-electron chi connectivity index (χ3n) is 4.60. The van der Waals surface area contributed by atoms with Gasteiger partial charge in [-0.3, -0.25) is 4.79 Å². The number of amides is 1. The van der Waals surface area contributed by atoms with E-state index in [-0.39, 0.29) is 11.7 Å². The van der Waals surface area contributed by atoms with Gasteiger partial charge in [0, 0.05) is 6.54 Å². The Morgan fingerprint density at radius 3 is 2.67 bits per heavy atom. The molecule has 0 bridgehead atoms. The fraction of sp³-hybridized carbons (Fsp3) is 0.846. The number of nitrogens with two attached hydrogens (primary N) is 1. The lowest BCUT2D eigenvalue weighted by molar-refractivity contribution is -0.124. The van der Waals surface area contributed by atoms with Crippen molar-refractivity contribution in [2.24, 2.45) is 28.1 Å². The van der Waals surface area contributed by atoms with Crippen LogP contribution in [0.1, 0.15) is 45.4 Å². The maximum atomic E-state index is 12.1. The molecule has 2 fully saturated rings. The van der Waals surface area contributed by atoms with Crippen molar-refractivity contribution in [2.45, 2.75) is 45.4 Å². The molecule has 4 N–H and O–H groups in total. The zero-order chi connectivity index (χ0) is 13.2. The third-order valence-corrected chi connectivity index (χ3v) is 4.60. The van der Waals surface area contributed by atoms with Crippen LogP contribution in [0.4, 0.5) is 0 Å². The lowest BCUT2D eigenvalue weighted by Crippen LogP contribution is -2.43. The van der Waals surface area contributed by atoms with Gasteiger partial charge in [0.05, 0.1) is 0 Å². The fourth-order valence-corrected chi connectivity index (χ4v) is 2.91. The van der Waals surface area contributed by atoms with Crippen LogP contribution in [0.3, 0.4) is 0 Å². The van der Waals surface area contributed by atoms with Crippen LogP contribution in [-0.2, 0) is 4.79 Å². The molecule has 2 rings (SSSR count). The number of hydrogen-bond donors (Lipinski definition) is 3. The van der Waals surface area contributed by atoms with Gasteiger partial charge in [-0.2, -0.15) is 0 Å². The van der Waals surface area contributed by atoms with Crippen molar-refractivity contribution in [3.63, 3.8) is 0 Å². The Morgan fingerprint density at radius 2 is 2.11 bits per heavy atom. The molecule has 0 spiro atoms. The van der Waals surface area contributed by atoms with Crippen molar-refractivity contribution in [1.29, 1.82) is 0 Å². The number of nitrogens with zero attached hydrogens (tertiary/aromatic N) is 1. The molecule has 0 radical (unpaired) electrons. The maximum Gasteiger partial charge on any atom is 0.233 e. The summed E-state index contributed by atoms with van der Waals surface area (Å²) in [5.74, 6) is 1.23. The van der Waals surface area contributed by atoms with Gasteiger partial charge in [0.25, 0.3) is 0 Å². The number of nitrogens with one attached hydrogen (secondary N) is 1. The predicted octanol–water partition coefficient (Wildman–Crippen LogP) is 1.46. The summed E-state index contributed by atoms with van der Waals surface area (Å²) in [6.07, 6.45) is 6.39. The van der Waals surface area contributed by atoms with E-state index in [0.717, 1.165) is 6.54 Å². The molecule has 0 aromatic carbocycles. The molecule has 2 saturated carbocycles. The first-order valence-electron chi connectivity index (χ1n) is 6.86. The summed E-state index contributed by atoms with van der Waals surface area (Å²) in [6.45, 7) is 2.98. The van der Waals surface area contributed by atoms with Crippen molar-refractivity contribution in [3.05, 3.63) is 0 Å². The second kappa shape index (κ2) is 5.16. The minimum Gasteiger partial charge on any atom is -0.409 e. The molecular weight excluding hydrogens is 230 g/mol. The van der Waals surface area contributed by atoms with Crippen LogP contribution in [0, 0.1) is 17.3 Å². The molecule has 2 atom stereocenters. The van der Waals surface area contributed by atoms with E-state index in [2.05, 4.69) is 17.4 Å². The van der Waals surface area contributed by atoms with Crippen molar-refractivity contribution in [2.75, 3.05) is 6.54 Å². The van der Waals surface area contributed by atoms with Gasteiger partial charge in [0.15, 0.2) is 5.84 Å². The van der Waals surface area contributed by atoms with Gasteiger partial charge < -0.3 is 16.3 Å². The highest BCUT2D eigenvalue weighted by molar-refractivity contribution is 6.09. The van der Waals surface area contributed by atoms with Gasteiger partial charge in [0.2, 0.25) is 5.91 Å². The molecule has 1 amide bonds. The van der Waals surface area contributed by atoms with Gasteiger partial charge >= 0.3 is 0 Å². The Labute approximate surface area is 108 Å². The molecule has 2 aliphatic rings. The van der Waals surface area contributed by atoms with Gasteiger partial charge in [-0.1, -0.05) is 31.3 Å². The zero-order valence-electron chi connectivity index (χ0n) is 11.0. The van der Waals surface area contributed by atoms with E-state index in [9.17, 15) is 4.79 Å². The van der Waals surface area contributed by atoms with E-state index < -0.39 is 5.41 Å². The molecule has 0 aromatic heterocycles. The van der Waals surface area contributed by atoms with Crippen LogP contribution in [0.2, 0.25) is 0 Å². The Balaban J connectivity index is 1.85. The molecule has 5 heteroatoms. The van der Waals surface area contributed by atoms with Gasteiger partial charge in [-0.15, -0.1) is 0 Å². The predicted molar refractivity (Wildman–Crippen MR) is 69.2 cm³/mol. The van der Waals surface area contributed by atoms with Crippen molar-refractivity contribution in [3.8, 4) is 0 Å². The average Bonchev–Trinajstić information content (AvgIpc) is 3.18. The number of hydrogen-bond acceptors (Lipinski definition) is 3. The zero-order valence-corrected chi connectivity index (χ0v) is 11.0. The molecular formula is C13H23N3O2. The topological polar surface area (TPSA) is 87.7 Å². The first kappa shape index (κ1) is 13.2. The molecule has 5 nitrogen and oxygen atoms in total. The fourth-order valence-electron chi connectivity index (χ4n) is 2.91. The quantitative estimate of drug-likeness (QED) is 0.307. The highest BCUT2D eigenvalue weighted by atomic mass is 16.4. The smallest absolute Gasteiger partial charge is 0.233 e. The van der Waals surface area contributed by atoms with Crippen LogP contribution in [0.15, 0.2) is 5.16 Å². The summed E-state index contributed by atoms with van der Waals surface area (Å²) < 4.78 is 0. The van der Waals surface area contributed by atoms with Crippen molar-refractivity contribution < 1.29 is 10.0 Å². The van der Waals surface area contributed by atoms with Gasteiger partial charge in [-0.25, -0.2) is 0 Å². The molecule has 2 unspecified atom stereocenters. The Kier molecular flexibility index (Phi) is 3.78. The van der Waals surface area contributed by atoms with Crippen molar-refractivity contribution >= 4 is 11.7 Å². The highest BCUT2D eigenvalue weighted by Gasteiger charge is 2.54.